The molecule has 10 rings (SSSR count). The number of methoxy groups -OCH3 is 2. The van der Waals surface area contributed by atoms with Gasteiger partial charge in [0, 0.05) is 65.0 Å². The van der Waals surface area contributed by atoms with Gasteiger partial charge in [0.2, 0.25) is 11.9 Å². The molecule has 0 saturated heterocycles. The molecule has 7 N–H and O–H groups in total. The summed E-state index contributed by atoms with van der Waals surface area (Å²) in [7, 11) is 3.25. The first-order valence-electron chi connectivity index (χ1n) is 38.4. The molecule has 1 atom stereocenters. The van der Waals surface area contributed by atoms with Gasteiger partial charge >= 0.3 is 12.9 Å². The molecule has 1 unspecified atom stereocenters. The van der Waals surface area contributed by atoms with Crippen LogP contribution >= 0.6 is 45.2 Å². The lowest BCUT2D eigenvalue weighted by Gasteiger charge is -2.34. The summed E-state index contributed by atoms with van der Waals surface area (Å²) < 4.78 is 121. The number of H-pyrrole nitrogens is 1. The van der Waals surface area contributed by atoms with E-state index in [1.54, 1.807) is 49.4 Å². The van der Waals surface area contributed by atoms with Crippen LogP contribution in [0.5, 0.6) is 17.2 Å². The minimum Gasteiger partial charge on any atom is -0.491 e. The van der Waals surface area contributed by atoms with E-state index in [0.29, 0.717) is 202 Å². The summed E-state index contributed by atoms with van der Waals surface area (Å²) in [6.07, 6.45) is 10.2. The van der Waals surface area contributed by atoms with E-state index >= 15 is 8.63 Å². The lowest BCUT2D eigenvalue weighted by atomic mass is 9.83. The van der Waals surface area contributed by atoms with Crippen LogP contribution in [0, 0.1) is 10.5 Å². The Kier molecular flexibility index (Phi) is 36.9. The predicted octanol–water partition coefficient (Wildman–Crippen LogP) is 8.83. The van der Waals surface area contributed by atoms with Crippen molar-refractivity contribution in [3.05, 3.63) is 195 Å². The number of anilines is 2. The molecule has 2 aliphatic rings. The number of hydrogen-bond donors (Lipinski definition) is 6. The zero-order chi connectivity index (χ0) is 83.4. The number of carbonyl (C=O) groups excluding carboxylic acids is 2. The zero-order valence-corrected chi connectivity index (χ0v) is 70.4. The van der Waals surface area contributed by atoms with Crippen molar-refractivity contribution in [2.45, 2.75) is 52.4 Å². The van der Waals surface area contributed by atoms with Crippen molar-refractivity contribution < 1.29 is 98.9 Å². The third kappa shape index (κ3) is 27.3. The van der Waals surface area contributed by atoms with Crippen molar-refractivity contribution in [1.29, 1.82) is 0 Å². The number of nitrogens with one attached hydrogen (secondary N) is 4. The maximum Gasteiger partial charge on any atom is 0.737 e. The number of carboxylic acids is 1. The number of rotatable bonds is 55. The second kappa shape index (κ2) is 47.9. The van der Waals surface area contributed by atoms with Crippen molar-refractivity contribution in [2.24, 2.45) is 0 Å². The van der Waals surface area contributed by atoms with Crippen molar-refractivity contribution in [1.82, 2.24) is 50.0 Å². The van der Waals surface area contributed by atoms with Crippen LogP contribution < -0.4 is 41.5 Å². The first kappa shape index (κ1) is 90.8. The number of carbonyl (C=O) groups is 3. The highest BCUT2D eigenvalue weighted by atomic mass is 127. The average Bonchev–Trinajstić information content (AvgIpc) is 1.53. The number of aromatic amines is 1. The number of nitrogen functional groups attached to an aromatic ring is 1. The molecule has 118 heavy (non-hydrogen) atoms. The van der Waals surface area contributed by atoms with Crippen LogP contribution in [0.2, 0.25) is 0 Å². The number of nitrogens with zero attached hydrogens (tertiary/aromatic N) is 8. The summed E-state index contributed by atoms with van der Waals surface area (Å²) in [5, 5.41) is 26.4. The van der Waals surface area contributed by atoms with Gasteiger partial charge in [-0.3, -0.25) is 19.4 Å². The van der Waals surface area contributed by atoms with E-state index in [9.17, 15) is 24.3 Å². The Labute approximate surface area is 708 Å². The number of aliphatic carboxylic acids is 1. The Bertz CT molecular complexity index is 4800. The van der Waals surface area contributed by atoms with Gasteiger partial charge in [-0.2, -0.15) is 4.98 Å². The largest absolute Gasteiger partial charge is 0.737 e. The maximum atomic E-state index is 18.2. The molecule has 0 radical (unpaired) electrons. The highest BCUT2D eigenvalue weighted by molar-refractivity contribution is 14.1. The first-order valence-corrected chi connectivity index (χ1v) is 40.5. The molecule has 0 fully saturated rings. The molecule has 37 heteroatoms. The summed E-state index contributed by atoms with van der Waals surface area (Å²) in [5.74, 6) is -0.500. The van der Waals surface area contributed by atoms with Crippen LogP contribution in [0.15, 0.2) is 135 Å². The number of ether oxygens (including phenoxy) is 14. The molecule has 4 aromatic heterocycles. The zero-order valence-electron chi connectivity index (χ0n) is 66.1. The lowest BCUT2D eigenvalue weighted by molar-refractivity contribution is -0.362. The summed E-state index contributed by atoms with van der Waals surface area (Å²) in [6.45, 7) is 8.63. The van der Waals surface area contributed by atoms with Crippen LogP contribution in [0.3, 0.4) is 0 Å². The van der Waals surface area contributed by atoms with Gasteiger partial charge in [-0.25, -0.2) is 19.4 Å². The van der Waals surface area contributed by atoms with Gasteiger partial charge in [-0.05, 0) is 161 Å². The lowest BCUT2D eigenvalue weighted by Crippen LogP contribution is -2.51. The van der Waals surface area contributed by atoms with Crippen molar-refractivity contribution >= 4 is 122 Å². The fraction of sp³-hybridized carbons (Fsp3) is 0.407. The molecule has 2 amide bonds. The second-order valence-corrected chi connectivity index (χ2v) is 28.7. The van der Waals surface area contributed by atoms with Gasteiger partial charge in [-0.1, -0.05) is 47.7 Å². The smallest absolute Gasteiger partial charge is 0.491 e. The quantitative estimate of drug-likeness (QED) is 0.0118. The summed E-state index contributed by atoms with van der Waals surface area (Å²) >= 11 is 4.39. The molecule has 0 spiro atoms. The highest BCUT2D eigenvalue weighted by Gasteiger charge is 2.57. The third-order valence-electron chi connectivity index (χ3n) is 18.1. The number of nitrogens with two attached hydrogens (primary N) is 1. The van der Waals surface area contributed by atoms with E-state index in [1.807, 2.05) is 98.8 Å². The van der Waals surface area contributed by atoms with Gasteiger partial charge < -0.3 is 111 Å². The molecule has 0 aliphatic carbocycles. The number of aromatic nitrogens is 8. The Hall–Kier alpha value is -9.50. The monoisotopic (exact) mass is 1860 g/mol. The van der Waals surface area contributed by atoms with Crippen molar-refractivity contribution in [3.63, 3.8) is 0 Å². The number of amides is 2. The molecule has 6 heterocycles. The topological polar surface area (TPSA) is 373 Å². The summed E-state index contributed by atoms with van der Waals surface area (Å²) in [4.78, 5) is 64.4. The molecular weight excluding hydrogens is 1760 g/mol. The molecule has 8 aromatic rings. The van der Waals surface area contributed by atoms with Gasteiger partial charge in [0.15, 0.2) is 22.6 Å². The fourth-order valence-corrected chi connectivity index (χ4v) is 13.6. The number of allylic oxidation sites excluding steroid dienone is 3. The molecule has 0 bridgehead atoms. The van der Waals surface area contributed by atoms with Crippen LogP contribution in [0.4, 0.5) is 20.3 Å². The Morgan fingerprint density at radius 1 is 0.644 bits per heavy atom. The van der Waals surface area contributed by atoms with E-state index in [4.69, 9.17) is 72.0 Å². The van der Waals surface area contributed by atoms with Crippen LogP contribution in [0.25, 0.3) is 35.0 Å². The second-order valence-electron chi connectivity index (χ2n) is 26.5. The highest BCUT2D eigenvalue weighted by Crippen LogP contribution is 2.49. The number of benzene rings is 4. The van der Waals surface area contributed by atoms with Crippen LogP contribution in [-0.4, -0.2) is 252 Å². The Balaban J connectivity index is 0.615. The van der Waals surface area contributed by atoms with E-state index in [0.717, 1.165) is 27.8 Å². The minimum absolute atomic E-state index is 0.0407. The normalized spacial score (nSPS) is 13.5. The van der Waals surface area contributed by atoms with E-state index < -0.39 is 36.4 Å². The average molecular weight is 1860 g/mol. The van der Waals surface area contributed by atoms with Crippen LogP contribution in [-0.2, 0) is 81.4 Å². The van der Waals surface area contributed by atoms with Crippen molar-refractivity contribution in [3.8, 4) is 17.2 Å². The van der Waals surface area contributed by atoms with Gasteiger partial charge in [-0.15, -0.1) is 5.10 Å². The molecule has 0 saturated carbocycles. The molecule has 2 aliphatic heterocycles. The van der Waals surface area contributed by atoms with E-state index in [2.05, 4.69) is 91.4 Å². The summed E-state index contributed by atoms with van der Waals surface area (Å²) in [5.41, 5.74) is 13.2. The fourth-order valence-electron chi connectivity index (χ4n) is 12.2. The Morgan fingerprint density at radius 2 is 1.17 bits per heavy atom. The van der Waals surface area contributed by atoms with Crippen molar-refractivity contribution in [2.75, 3.05) is 177 Å². The molecular formula is C81H98BF2I2N13O19. The molecule has 4 aromatic carbocycles. The number of halogens is 4. The van der Waals surface area contributed by atoms with E-state index in [-0.39, 0.29) is 75.0 Å². The number of hydrogen-bond acceptors (Lipinski definition) is 25. The number of fused-ring (bicyclic) bond motifs is 3. The standard InChI is InChI=1S/C81H98BF2I2N13O19/c1-55-72(85)68(24-9-57-5-17-64(18-6-57)116-48-45-112-40-37-109-33-31-105-3)98-75(55)71(76-56(2)73(86)69(99(76)82(98,83)84)25-10-58-7-19-65(20-8-58)117-49-46-113-41-38-110-34-32-106-4)59-13-21-66(22-14-59)118-50-47-114-42-39-111-43-44-115-54-63-53-97(96-95-63)28-30-108-36-35-107-29-27-88-70(100)26-23-67(80(103)104)92-78(101)60-11-15-61(16-12-60)89-51-62-52-90-77-74(91-62)79(102)94-81(87)93-77/h5-22,24-25,52-53,67,89H,23,26-51,54H2,1-4H3,(H,88,100)(H,92,101)(H,103,104)(H3,87,90,93,94,102)/b24-9+,25-10+. The van der Waals surface area contributed by atoms with Gasteiger partial charge in [0.25, 0.3) is 11.5 Å². The number of carboxylic acid groups (broad SMARTS) is 1. The molecule has 32 nitrogen and oxygen atoms in total. The molecule has 632 valence electrons. The van der Waals surface area contributed by atoms with Crippen LogP contribution in [0.1, 0.15) is 75.2 Å². The minimum atomic E-state index is -4.51. The van der Waals surface area contributed by atoms with E-state index in [1.165, 1.54) is 27.3 Å². The third-order valence-corrected chi connectivity index (χ3v) is 20.9. The predicted molar refractivity (Wildman–Crippen MR) is 454 cm³/mol. The SMILES string of the molecule is COCCOCCOCCOc1ccc(/C=C/C2=[N+]3C(=C(c4ccc(OCCOCCOCCOCc5cn(CCOCCOCCNC(=O)CCC(NC(=O)c6ccc(NCc7cnc8nc(N)[nH]c(=O)c8n7)cc6)C(=O)O)nn5)cc4)c4c(C)c(I)c(/C=C/c5ccc(OCCOCCOCCOC)cc5)n4[B-]3(F)F)C(C)=C2I)cc1. The first-order chi connectivity index (χ1) is 57.4. The van der Waals surface area contributed by atoms with Gasteiger partial charge in [0.05, 0.1) is 172 Å². The summed E-state index contributed by atoms with van der Waals surface area (Å²) in [6, 6.07) is 27.4. The maximum absolute atomic E-state index is 18.2. The van der Waals surface area contributed by atoms with Gasteiger partial charge in [0.1, 0.15) is 48.8 Å². The Morgan fingerprint density at radius 3 is 1.74 bits per heavy atom.